The highest BCUT2D eigenvalue weighted by atomic mass is 79.9. The van der Waals surface area contributed by atoms with Crippen LogP contribution in [0.3, 0.4) is 0 Å². The van der Waals surface area contributed by atoms with E-state index in [1.54, 1.807) is 0 Å². The molecule has 4 nitrogen and oxygen atoms in total. The molecule has 1 aromatic heterocycles. The number of hydrogen-bond acceptors (Lipinski definition) is 4. The van der Waals surface area contributed by atoms with Crippen molar-refractivity contribution >= 4 is 27.5 Å². The summed E-state index contributed by atoms with van der Waals surface area (Å²) in [6.45, 7) is 5.81. The minimum Gasteiger partial charge on any atom is -0.353 e. The van der Waals surface area contributed by atoms with E-state index in [4.69, 9.17) is 5.10 Å². The largest absolute Gasteiger partial charge is 0.353 e. The molecule has 1 aromatic carbocycles. The summed E-state index contributed by atoms with van der Waals surface area (Å²) in [6, 6.07) is 14.3. The highest BCUT2D eigenvalue weighted by molar-refractivity contribution is 9.10. The van der Waals surface area contributed by atoms with Crippen molar-refractivity contribution in [2.24, 2.45) is 5.10 Å². The maximum atomic E-state index is 4.75. The second kappa shape index (κ2) is 6.92. The maximum Gasteiger partial charge on any atom is 0.128 e. The molecule has 0 amide bonds. The summed E-state index contributed by atoms with van der Waals surface area (Å²) in [6.07, 6.45) is 1.84. The Morgan fingerprint density at radius 1 is 1.05 bits per heavy atom. The van der Waals surface area contributed by atoms with E-state index in [-0.39, 0.29) is 0 Å². The van der Waals surface area contributed by atoms with Crippen molar-refractivity contribution in [1.82, 2.24) is 9.99 Å². The lowest BCUT2D eigenvalue weighted by molar-refractivity contribution is 0.270. The predicted octanol–water partition coefficient (Wildman–Crippen LogP) is 3.39. The van der Waals surface area contributed by atoms with Crippen LogP contribution < -0.4 is 4.90 Å². The SMILES string of the molecule is C/C(=N/N1CCN(c2ccccn2)CC1)c1ccc(Br)cc1. The molecule has 0 spiro atoms. The first kappa shape index (κ1) is 15.0. The molecule has 5 heteroatoms. The fourth-order valence-corrected chi connectivity index (χ4v) is 2.79. The van der Waals surface area contributed by atoms with Crippen LogP contribution in [0, 0.1) is 0 Å². The number of hydrogen-bond donors (Lipinski definition) is 0. The predicted molar refractivity (Wildman–Crippen MR) is 94.4 cm³/mol. The van der Waals surface area contributed by atoms with Crippen LogP contribution in [0.1, 0.15) is 12.5 Å². The summed E-state index contributed by atoms with van der Waals surface area (Å²) in [4.78, 5) is 6.72. The van der Waals surface area contributed by atoms with Crippen molar-refractivity contribution < 1.29 is 0 Å². The van der Waals surface area contributed by atoms with Gasteiger partial charge in [-0.2, -0.15) is 5.10 Å². The summed E-state index contributed by atoms with van der Waals surface area (Å²) in [5, 5.41) is 6.90. The third-order valence-electron chi connectivity index (χ3n) is 3.78. The molecule has 0 atom stereocenters. The van der Waals surface area contributed by atoms with Gasteiger partial charge in [-0.15, -0.1) is 0 Å². The Hall–Kier alpha value is -1.88. The lowest BCUT2D eigenvalue weighted by atomic mass is 10.1. The zero-order chi connectivity index (χ0) is 15.4. The Balaban J connectivity index is 1.61. The fraction of sp³-hybridized carbons (Fsp3) is 0.294. The minimum absolute atomic E-state index is 0.921. The van der Waals surface area contributed by atoms with Gasteiger partial charge in [0.2, 0.25) is 0 Å². The van der Waals surface area contributed by atoms with Crippen molar-refractivity contribution in [3.8, 4) is 0 Å². The van der Waals surface area contributed by atoms with Gasteiger partial charge in [0.05, 0.1) is 18.8 Å². The number of anilines is 1. The Morgan fingerprint density at radius 2 is 1.77 bits per heavy atom. The zero-order valence-corrected chi connectivity index (χ0v) is 14.2. The number of rotatable bonds is 3. The van der Waals surface area contributed by atoms with Crippen LogP contribution in [0.2, 0.25) is 0 Å². The second-order valence-corrected chi connectivity index (χ2v) is 6.24. The molecule has 22 heavy (non-hydrogen) atoms. The van der Waals surface area contributed by atoms with Gasteiger partial charge in [-0.3, -0.25) is 5.01 Å². The molecule has 3 rings (SSSR count). The van der Waals surface area contributed by atoms with Crippen LogP contribution in [-0.4, -0.2) is 41.9 Å². The van der Waals surface area contributed by atoms with Crippen molar-refractivity contribution in [2.45, 2.75) is 6.92 Å². The molecular formula is C17H19BrN4. The number of hydrazone groups is 1. The fourth-order valence-electron chi connectivity index (χ4n) is 2.53. The van der Waals surface area contributed by atoms with Crippen LogP contribution in [0.4, 0.5) is 5.82 Å². The monoisotopic (exact) mass is 358 g/mol. The molecular weight excluding hydrogens is 340 g/mol. The Kier molecular flexibility index (Phi) is 4.73. The summed E-state index contributed by atoms with van der Waals surface area (Å²) >= 11 is 3.46. The second-order valence-electron chi connectivity index (χ2n) is 5.32. The van der Waals surface area contributed by atoms with Crippen LogP contribution in [0.5, 0.6) is 0 Å². The maximum absolute atomic E-state index is 4.75. The molecule has 0 bridgehead atoms. The number of halogens is 1. The van der Waals surface area contributed by atoms with Crippen molar-refractivity contribution in [1.29, 1.82) is 0 Å². The molecule has 2 aromatic rings. The first-order chi connectivity index (χ1) is 10.7. The molecule has 0 saturated carbocycles. The number of benzene rings is 1. The molecule has 1 fully saturated rings. The first-order valence-electron chi connectivity index (χ1n) is 7.44. The van der Waals surface area contributed by atoms with Gasteiger partial charge in [0.1, 0.15) is 5.82 Å². The summed E-state index contributed by atoms with van der Waals surface area (Å²) in [5.74, 6) is 1.05. The third kappa shape index (κ3) is 3.65. The third-order valence-corrected chi connectivity index (χ3v) is 4.31. The van der Waals surface area contributed by atoms with Crippen molar-refractivity contribution in [2.75, 3.05) is 31.1 Å². The molecule has 1 aliphatic rings. The van der Waals surface area contributed by atoms with Gasteiger partial charge >= 0.3 is 0 Å². The van der Waals surface area contributed by atoms with E-state index in [1.165, 1.54) is 0 Å². The van der Waals surface area contributed by atoms with E-state index in [0.29, 0.717) is 0 Å². The van der Waals surface area contributed by atoms with Crippen LogP contribution in [0.15, 0.2) is 58.2 Å². The van der Waals surface area contributed by atoms with Crippen molar-refractivity contribution in [3.05, 3.63) is 58.7 Å². The van der Waals surface area contributed by atoms with Gasteiger partial charge in [0, 0.05) is 23.8 Å². The Labute approximate surface area is 139 Å². The molecule has 1 aliphatic heterocycles. The first-order valence-corrected chi connectivity index (χ1v) is 8.24. The van der Waals surface area contributed by atoms with E-state index < -0.39 is 0 Å². The van der Waals surface area contributed by atoms with Crippen LogP contribution in [0.25, 0.3) is 0 Å². The van der Waals surface area contributed by atoms with Gasteiger partial charge in [-0.05, 0) is 36.8 Å². The van der Waals surface area contributed by atoms with Gasteiger partial charge in [0.15, 0.2) is 0 Å². The minimum atomic E-state index is 0.921. The quantitative estimate of drug-likeness (QED) is 0.788. The number of piperazine rings is 1. The lowest BCUT2D eigenvalue weighted by Gasteiger charge is -2.34. The number of pyridine rings is 1. The Bertz CT molecular complexity index is 631. The summed E-state index contributed by atoms with van der Waals surface area (Å²) < 4.78 is 1.09. The van der Waals surface area contributed by atoms with Crippen LogP contribution in [-0.2, 0) is 0 Å². The normalized spacial score (nSPS) is 16.0. The van der Waals surface area contributed by atoms with Gasteiger partial charge in [-0.25, -0.2) is 4.98 Å². The van der Waals surface area contributed by atoms with E-state index in [0.717, 1.165) is 47.7 Å². The van der Waals surface area contributed by atoms with E-state index in [9.17, 15) is 0 Å². The molecule has 0 radical (unpaired) electrons. The van der Waals surface area contributed by atoms with E-state index >= 15 is 0 Å². The van der Waals surface area contributed by atoms with Gasteiger partial charge < -0.3 is 4.90 Å². The van der Waals surface area contributed by atoms with Crippen LogP contribution >= 0.6 is 15.9 Å². The van der Waals surface area contributed by atoms with E-state index in [1.807, 2.05) is 30.5 Å². The molecule has 114 valence electrons. The molecule has 0 N–H and O–H groups in total. The summed E-state index contributed by atoms with van der Waals surface area (Å²) in [7, 11) is 0. The average molecular weight is 359 g/mol. The number of aromatic nitrogens is 1. The summed E-state index contributed by atoms with van der Waals surface area (Å²) in [5.41, 5.74) is 2.22. The molecule has 0 aliphatic carbocycles. The average Bonchev–Trinajstić information content (AvgIpc) is 2.57. The Morgan fingerprint density at radius 3 is 2.41 bits per heavy atom. The highest BCUT2D eigenvalue weighted by Crippen LogP contribution is 2.14. The standard InChI is InChI=1S/C17H19BrN4/c1-14(15-5-7-16(18)8-6-15)20-22-12-10-21(11-13-22)17-4-2-3-9-19-17/h2-9H,10-13H2,1H3/b20-14-. The topological polar surface area (TPSA) is 31.7 Å². The zero-order valence-electron chi connectivity index (χ0n) is 12.6. The van der Waals surface area contributed by atoms with Crippen molar-refractivity contribution in [3.63, 3.8) is 0 Å². The highest BCUT2D eigenvalue weighted by Gasteiger charge is 2.16. The molecule has 2 heterocycles. The molecule has 1 saturated heterocycles. The number of nitrogens with zero attached hydrogens (tertiary/aromatic N) is 4. The lowest BCUT2D eigenvalue weighted by Crippen LogP contribution is -2.44. The van der Waals surface area contributed by atoms with Gasteiger partial charge in [0.25, 0.3) is 0 Å². The van der Waals surface area contributed by atoms with E-state index in [2.05, 4.69) is 55.9 Å². The molecule has 0 unspecified atom stereocenters. The smallest absolute Gasteiger partial charge is 0.128 e. The van der Waals surface area contributed by atoms with Gasteiger partial charge in [-0.1, -0.05) is 34.1 Å².